The van der Waals surface area contributed by atoms with E-state index in [2.05, 4.69) is 0 Å². The van der Waals surface area contributed by atoms with Gasteiger partial charge in [0.15, 0.2) is 0 Å². The maximum atomic E-state index is 11.7. The molecule has 0 aliphatic carbocycles. The van der Waals surface area contributed by atoms with E-state index in [0.29, 0.717) is 25.9 Å². The maximum Gasteiger partial charge on any atom is 0.239 e. The van der Waals surface area contributed by atoms with E-state index in [1.54, 1.807) is 16.7 Å². The summed E-state index contributed by atoms with van der Waals surface area (Å²) in [6.45, 7) is 1.10. The fourth-order valence-corrected chi connectivity index (χ4v) is 2.03. The first kappa shape index (κ1) is 11.8. The first-order valence-electron chi connectivity index (χ1n) is 4.86. The highest BCUT2D eigenvalue weighted by Gasteiger charge is 2.27. The minimum atomic E-state index is -0.396. The number of hydrogen-bond acceptors (Lipinski definition) is 4. The minimum absolute atomic E-state index is 0.0180. The molecular weight excluding hydrogens is 200 g/mol. The predicted octanol–water partition coefficient (Wildman–Crippen LogP) is -0.340. The summed E-state index contributed by atoms with van der Waals surface area (Å²) in [4.78, 5) is 13.3. The molecule has 1 heterocycles. The molecule has 1 saturated heterocycles. The highest BCUT2D eigenvalue weighted by molar-refractivity contribution is 7.98. The molecule has 1 aliphatic rings. The second-order valence-corrected chi connectivity index (χ2v) is 4.60. The van der Waals surface area contributed by atoms with Crippen molar-refractivity contribution in [3.05, 3.63) is 0 Å². The van der Waals surface area contributed by atoms with Gasteiger partial charge in [-0.15, -0.1) is 0 Å². The van der Waals surface area contributed by atoms with Crippen LogP contribution in [0.25, 0.3) is 0 Å². The van der Waals surface area contributed by atoms with E-state index in [1.807, 2.05) is 6.26 Å². The molecule has 1 aliphatic heterocycles. The predicted molar refractivity (Wildman–Crippen MR) is 58.2 cm³/mol. The van der Waals surface area contributed by atoms with Crippen LogP contribution in [0.4, 0.5) is 0 Å². The molecule has 1 fully saturated rings. The Bertz CT molecular complexity index is 201. The Hall–Kier alpha value is -0.260. The third-order valence-electron chi connectivity index (χ3n) is 2.43. The second-order valence-electron chi connectivity index (χ2n) is 3.61. The SMILES string of the molecule is CSCC[C@@H](N)C(=O)N1CCC(O)C1. The van der Waals surface area contributed by atoms with Crippen molar-refractivity contribution in [3.8, 4) is 0 Å². The molecule has 2 atom stereocenters. The van der Waals surface area contributed by atoms with Crippen LogP contribution < -0.4 is 5.73 Å². The number of carbonyl (C=O) groups excluding carboxylic acids is 1. The van der Waals surface area contributed by atoms with Crippen LogP contribution >= 0.6 is 11.8 Å². The molecule has 3 N–H and O–H groups in total. The lowest BCUT2D eigenvalue weighted by molar-refractivity contribution is -0.131. The number of nitrogens with two attached hydrogens (primary N) is 1. The number of hydrogen-bond donors (Lipinski definition) is 2. The van der Waals surface area contributed by atoms with E-state index in [9.17, 15) is 9.90 Å². The minimum Gasteiger partial charge on any atom is -0.391 e. The van der Waals surface area contributed by atoms with Gasteiger partial charge in [0.05, 0.1) is 12.1 Å². The third kappa shape index (κ3) is 3.15. The first-order chi connectivity index (χ1) is 6.65. The Kier molecular flexibility index (Phi) is 4.71. The fraction of sp³-hybridized carbons (Fsp3) is 0.889. The Morgan fingerprint density at radius 3 is 3.00 bits per heavy atom. The van der Waals surface area contributed by atoms with E-state index in [1.165, 1.54) is 0 Å². The number of likely N-dealkylation sites (tertiary alicyclic amines) is 1. The molecule has 1 unspecified atom stereocenters. The van der Waals surface area contributed by atoms with Gasteiger partial charge in [-0.05, 0) is 24.9 Å². The van der Waals surface area contributed by atoms with Gasteiger partial charge in [0.2, 0.25) is 5.91 Å². The number of rotatable bonds is 4. The smallest absolute Gasteiger partial charge is 0.239 e. The normalized spacial score (nSPS) is 23.9. The van der Waals surface area contributed by atoms with Crippen molar-refractivity contribution in [2.24, 2.45) is 5.73 Å². The van der Waals surface area contributed by atoms with Gasteiger partial charge in [0.25, 0.3) is 0 Å². The number of amides is 1. The van der Waals surface area contributed by atoms with Crippen molar-refractivity contribution in [1.82, 2.24) is 4.90 Å². The number of β-amino-alcohol motifs (C(OH)–C–C–N with tert-alkyl or cyclic N) is 1. The lowest BCUT2D eigenvalue weighted by atomic mass is 10.2. The molecule has 0 radical (unpaired) electrons. The monoisotopic (exact) mass is 218 g/mol. The Labute approximate surface area is 88.8 Å². The Morgan fingerprint density at radius 2 is 2.50 bits per heavy atom. The van der Waals surface area contributed by atoms with Crippen LogP contribution in [0.5, 0.6) is 0 Å². The van der Waals surface area contributed by atoms with Crippen molar-refractivity contribution in [3.63, 3.8) is 0 Å². The highest BCUT2D eigenvalue weighted by Crippen LogP contribution is 2.11. The summed E-state index contributed by atoms with van der Waals surface area (Å²) in [6.07, 6.45) is 3.04. The van der Waals surface area contributed by atoms with Crippen LogP contribution in [0.2, 0.25) is 0 Å². The van der Waals surface area contributed by atoms with E-state index in [4.69, 9.17) is 5.73 Å². The van der Waals surface area contributed by atoms with Crippen LogP contribution in [0.3, 0.4) is 0 Å². The molecular formula is C9H18N2O2S. The van der Waals surface area contributed by atoms with Gasteiger partial charge in [0, 0.05) is 13.1 Å². The number of carbonyl (C=O) groups is 1. The summed E-state index contributed by atoms with van der Waals surface area (Å²) in [5, 5.41) is 9.27. The molecule has 0 spiro atoms. The number of nitrogens with zero attached hydrogens (tertiary/aromatic N) is 1. The molecule has 4 nitrogen and oxygen atoms in total. The summed E-state index contributed by atoms with van der Waals surface area (Å²) in [5.74, 6) is 0.888. The third-order valence-corrected chi connectivity index (χ3v) is 3.07. The average molecular weight is 218 g/mol. The quantitative estimate of drug-likeness (QED) is 0.677. The number of aliphatic hydroxyl groups is 1. The van der Waals surface area contributed by atoms with Crippen molar-refractivity contribution in [1.29, 1.82) is 0 Å². The van der Waals surface area contributed by atoms with Crippen molar-refractivity contribution < 1.29 is 9.90 Å². The van der Waals surface area contributed by atoms with Crippen LogP contribution in [-0.2, 0) is 4.79 Å². The van der Waals surface area contributed by atoms with E-state index in [0.717, 1.165) is 5.75 Å². The molecule has 14 heavy (non-hydrogen) atoms. The van der Waals surface area contributed by atoms with Crippen LogP contribution in [0.1, 0.15) is 12.8 Å². The highest BCUT2D eigenvalue weighted by atomic mass is 32.2. The molecule has 1 amide bonds. The molecule has 1 rings (SSSR count). The summed E-state index contributed by atoms with van der Waals surface area (Å²) >= 11 is 1.69. The largest absolute Gasteiger partial charge is 0.391 e. The molecule has 82 valence electrons. The number of thioether (sulfide) groups is 1. The van der Waals surface area contributed by atoms with Crippen molar-refractivity contribution in [2.75, 3.05) is 25.1 Å². The van der Waals surface area contributed by atoms with Crippen LogP contribution in [0, 0.1) is 0 Å². The zero-order valence-electron chi connectivity index (χ0n) is 8.48. The summed E-state index contributed by atoms with van der Waals surface area (Å²) < 4.78 is 0. The van der Waals surface area contributed by atoms with Crippen LogP contribution in [-0.4, -0.2) is 53.2 Å². The van der Waals surface area contributed by atoms with Gasteiger partial charge in [-0.25, -0.2) is 0 Å². The first-order valence-corrected chi connectivity index (χ1v) is 6.26. The van der Waals surface area contributed by atoms with Gasteiger partial charge in [0.1, 0.15) is 0 Å². The number of aliphatic hydroxyl groups excluding tert-OH is 1. The second kappa shape index (κ2) is 5.58. The van der Waals surface area contributed by atoms with E-state index in [-0.39, 0.29) is 12.0 Å². The standard InChI is InChI=1S/C9H18N2O2S/c1-14-5-3-8(10)9(13)11-4-2-7(12)6-11/h7-8,12H,2-6,10H2,1H3/t7?,8-/m1/s1. The van der Waals surface area contributed by atoms with Crippen molar-refractivity contribution >= 4 is 17.7 Å². The van der Waals surface area contributed by atoms with Gasteiger partial charge in [-0.2, -0.15) is 11.8 Å². The van der Waals surface area contributed by atoms with E-state index >= 15 is 0 Å². The summed E-state index contributed by atoms with van der Waals surface area (Å²) in [6, 6.07) is -0.396. The lowest BCUT2D eigenvalue weighted by Crippen LogP contribution is -2.43. The molecule has 0 bridgehead atoms. The topological polar surface area (TPSA) is 66.6 Å². The molecule has 0 aromatic rings. The Morgan fingerprint density at radius 1 is 1.79 bits per heavy atom. The van der Waals surface area contributed by atoms with Gasteiger partial charge < -0.3 is 15.7 Å². The Balaban J connectivity index is 2.32. The van der Waals surface area contributed by atoms with E-state index < -0.39 is 6.04 Å². The molecule has 5 heteroatoms. The van der Waals surface area contributed by atoms with Crippen LogP contribution in [0.15, 0.2) is 0 Å². The van der Waals surface area contributed by atoms with Gasteiger partial charge in [-0.1, -0.05) is 0 Å². The maximum absolute atomic E-state index is 11.7. The van der Waals surface area contributed by atoms with Gasteiger partial charge in [-0.3, -0.25) is 4.79 Å². The fourth-order valence-electron chi connectivity index (χ4n) is 1.54. The molecule has 0 aromatic carbocycles. The van der Waals surface area contributed by atoms with Crippen molar-refractivity contribution in [2.45, 2.75) is 25.0 Å². The summed E-state index contributed by atoms with van der Waals surface area (Å²) in [7, 11) is 0. The molecule has 0 saturated carbocycles. The van der Waals surface area contributed by atoms with Gasteiger partial charge >= 0.3 is 0 Å². The average Bonchev–Trinajstić information content (AvgIpc) is 2.60. The summed E-state index contributed by atoms with van der Waals surface area (Å²) in [5.41, 5.74) is 5.74. The molecule has 0 aromatic heterocycles. The lowest BCUT2D eigenvalue weighted by Gasteiger charge is -2.19. The zero-order chi connectivity index (χ0) is 10.6. The zero-order valence-corrected chi connectivity index (χ0v) is 9.30.